The van der Waals surface area contributed by atoms with Gasteiger partial charge in [-0.25, -0.2) is 4.39 Å². The lowest BCUT2D eigenvalue weighted by molar-refractivity contribution is 0.628. The molecular formula is C30H16BFN2. The molecule has 9 rings (SSSR count). The number of nitrogens with zero attached hydrogens (tertiary/aromatic N) is 2. The van der Waals surface area contributed by atoms with Gasteiger partial charge in [-0.2, -0.15) is 0 Å². The molecule has 2 aliphatic rings. The van der Waals surface area contributed by atoms with Gasteiger partial charge < -0.3 is 9.13 Å². The van der Waals surface area contributed by atoms with Gasteiger partial charge in [0.1, 0.15) is 5.82 Å². The van der Waals surface area contributed by atoms with Gasteiger partial charge in [0.25, 0.3) is 6.71 Å². The van der Waals surface area contributed by atoms with Crippen LogP contribution in [-0.2, 0) is 0 Å². The van der Waals surface area contributed by atoms with E-state index in [0.717, 1.165) is 11.2 Å². The predicted octanol–water partition coefficient (Wildman–Crippen LogP) is 5.16. The zero-order valence-electron chi connectivity index (χ0n) is 18.1. The molecule has 0 aliphatic carbocycles. The first kappa shape index (κ1) is 17.2. The largest absolute Gasteiger partial charge is 0.310 e. The van der Waals surface area contributed by atoms with E-state index in [9.17, 15) is 4.39 Å². The number of hydrogen-bond donors (Lipinski definition) is 0. The molecule has 0 radical (unpaired) electrons. The fraction of sp³-hybridized carbons (Fsp3) is 0. The lowest BCUT2D eigenvalue weighted by atomic mass is 9.34. The third-order valence-corrected chi connectivity index (χ3v) is 7.96. The van der Waals surface area contributed by atoms with Crippen LogP contribution < -0.4 is 16.4 Å². The predicted molar refractivity (Wildman–Crippen MR) is 140 cm³/mol. The summed E-state index contributed by atoms with van der Waals surface area (Å²) in [5.74, 6) is -0.189. The fourth-order valence-electron chi connectivity index (χ4n) is 6.77. The maximum Gasteiger partial charge on any atom is 0.252 e. The van der Waals surface area contributed by atoms with E-state index in [2.05, 4.69) is 88.0 Å². The van der Waals surface area contributed by atoms with E-state index >= 15 is 0 Å². The SMILES string of the molecule is Fc1ccc2c(c1)B1c3cccc4c5ccccc5n(c34)-c3ccc4c5ccccc5n-2c4c31. The van der Waals surface area contributed by atoms with Crippen molar-refractivity contribution in [1.82, 2.24) is 9.13 Å². The average molecular weight is 434 g/mol. The second-order valence-corrected chi connectivity index (χ2v) is 9.48. The van der Waals surface area contributed by atoms with Crippen molar-refractivity contribution in [3.05, 3.63) is 103 Å². The summed E-state index contributed by atoms with van der Waals surface area (Å²) in [5.41, 5.74) is 10.7. The first-order chi connectivity index (χ1) is 16.8. The van der Waals surface area contributed by atoms with Crippen molar-refractivity contribution in [3.63, 3.8) is 0 Å². The molecular weight excluding hydrogens is 418 g/mol. The number of rotatable bonds is 0. The van der Waals surface area contributed by atoms with Gasteiger partial charge in [0.15, 0.2) is 0 Å². The topological polar surface area (TPSA) is 9.86 Å². The molecule has 2 nitrogen and oxygen atoms in total. The van der Waals surface area contributed by atoms with Gasteiger partial charge in [0, 0.05) is 38.4 Å². The summed E-state index contributed by atoms with van der Waals surface area (Å²) in [5, 5.41) is 4.99. The number of para-hydroxylation sites is 3. The molecule has 0 bridgehead atoms. The first-order valence-electron chi connectivity index (χ1n) is 11.7. The Morgan fingerprint density at radius 3 is 1.97 bits per heavy atom. The molecule has 156 valence electrons. The molecule has 0 atom stereocenters. The quantitative estimate of drug-likeness (QED) is 0.292. The number of halogens is 1. The van der Waals surface area contributed by atoms with E-state index in [1.165, 1.54) is 60.2 Å². The number of hydrogen-bond acceptors (Lipinski definition) is 0. The highest BCUT2D eigenvalue weighted by Crippen LogP contribution is 2.39. The highest BCUT2D eigenvalue weighted by molar-refractivity contribution is 7.00. The van der Waals surface area contributed by atoms with Crippen molar-refractivity contribution in [1.29, 1.82) is 0 Å². The molecule has 2 aliphatic heterocycles. The summed E-state index contributed by atoms with van der Waals surface area (Å²) in [6.45, 7) is -0.0123. The lowest BCUT2D eigenvalue weighted by Gasteiger charge is -2.33. The van der Waals surface area contributed by atoms with Crippen LogP contribution >= 0.6 is 0 Å². The van der Waals surface area contributed by atoms with Crippen LogP contribution in [0.3, 0.4) is 0 Å². The van der Waals surface area contributed by atoms with Gasteiger partial charge >= 0.3 is 0 Å². The zero-order valence-corrected chi connectivity index (χ0v) is 18.1. The Morgan fingerprint density at radius 2 is 1.18 bits per heavy atom. The molecule has 7 aromatic rings. The number of fused-ring (bicyclic) bond motifs is 11. The third-order valence-electron chi connectivity index (χ3n) is 7.96. The summed E-state index contributed by atoms with van der Waals surface area (Å²) in [6.07, 6.45) is 0. The summed E-state index contributed by atoms with van der Waals surface area (Å²) in [6, 6.07) is 33.6. The summed E-state index contributed by atoms with van der Waals surface area (Å²) in [7, 11) is 0. The normalized spacial score (nSPS) is 13.4. The second kappa shape index (κ2) is 5.60. The minimum absolute atomic E-state index is 0.0123. The van der Waals surface area contributed by atoms with Crippen LogP contribution in [0.25, 0.3) is 55.0 Å². The fourth-order valence-corrected chi connectivity index (χ4v) is 6.77. The molecule has 0 saturated heterocycles. The lowest BCUT2D eigenvalue weighted by Crippen LogP contribution is -2.59. The van der Waals surface area contributed by atoms with E-state index < -0.39 is 0 Å². The zero-order chi connectivity index (χ0) is 22.1. The molecule has 34 heavy (non-hydrogen) atoms. The van der Waals surface area contributed by atoms with Crippen molar-refractivity contribution in [2.75, 3.05) is 0 Å². The molecule has 0 saturated carbocycles. The van der Waals surface area contributed by atoms with E-state index in [0.29, 0.717) is 0 Å². The minimum atomic E-state index is -0.189. The molecule has 0 fully saturated rings. The minimum Gasteiger partial charge on any atom is -0.310 e. The van der Waals surface area contributed by atoms with Crippen LogP contribution in [-0.4, -0.2) is 15.8 Å². The molecule has 0 N–H and O–H groups in total. The van der Waals surface area contributed by atoms with Gasteiger partial charge in [-0.05, 0) is 52.8 Å². The van der Waals surface area contributed by atoms with Gasteiger partial charge in [0.2, 0.25) is 0 Å². The highest BCUT2D eigenvalue weighted by Gasteiger charge is 2.40. The van der Waals surface area contributed by atoms with E-state index in [4.69, 9.17) is 0 Å². The molecule has 5 aromatic carbocycles. The van der Waals surface area contributed by atoms with Crippen LogP contribution in [0.15, 0.2) is 97.1 Å². The Balaban J connectivity index is 1.62. The van der Waals surface area contributed by atoms with E-state index in [1.54, 1.807) is 12.1 Å². The Hall–Kier alpha value is -4.31. The summed E-state index contributed by atoms with van der Waals surface area (Å²) in [4.78, 5) is 0. The van der Waals surface area contributed by atoms with Gasteiger partial charge in [-0.15, -0.1) is 0 Å². The molecule has 4 heterocycles. The second-order valence-electron chi connectivity index (χ2n) is 9.48. The summed E-state index contributed by atoms with van der Waals surface area (Å²) >= 11 is 0. The summed E-state index contributed by atoms with van der Waals surface area (Å²) < 4.78 is 19.6. The molecule has 2 aromatic heterocycles. The Kier molecular flexibility index (Phi) is 2.83. The number of benzene rings is 5. The van der Waals surface area contributed by atoms with Crippen molar-refractivity contribution in [2.24, 2.45) is 0 Å². The van der Waals surface area contributed by atoms with Crippen molar-refractivity contribution in [3.8, 4) is 11.4 Å². The Morgan fingerprint density at radius 1 is 0.529 bits per heavy atom. The number of aromatic nitrogens is 2. The van der Waals surface area contributed by atoms with Gasteiger partial charge in [-0.3, -0.25) is 0 Å². The molecule has 4 heteroatoms. The van der Waals surface area contributed by atoms with E-state index in [-0.39, 0.29) is 12.5 Å². The third kappa shape index (κ3) is 1.77. The Bertz CT molecular complexity index is 2050. The molecule has 0 spiro atoms. The average Bonchev–Trinajstić information content (AvgIpc) is 3.40. The van der Waals surface area contributed by atoms with Crippen LogP contribution in [0.4, 0.5) is 4.39 Å². The van der Waals surface area contributed by atoms with Crippen LogP contribution in [0.5, 0.6) is 0 Å². The van der Waals surface area contributed by atoms with Crippen molar-refractivity contribution < 1.29 is 4.39 Å². The highest BCUT2D eigenvalue weighted by atomic mass is 19.1. The van der Waals surface area contributed by atoms with Crippen LogP contribution in [0.1, 0.15) is 0 Å². The maximum atomic E-state index is 14.8. The molecule has 0 unspecified atom stereocenters. The first-order valence-corrected chi connectivity index (χ1v) is 11.7. The smallest absolute Gasteiger partial charge is 0.252 e. The van der Waals surface area contributed by atoms with Crippen LogP contribution in [0.2, 0.25) is 0 Å². The monoisotopic (exact) mass is 434 g/mol. The van der Waals surface area contributed by atoms with Crippen molar-refractivity contribution in [2.45, 2.75) is 0 Å². The van der Waals surface area contributed by atoms with Gasteiger partial charge in [0.05, 0.1) is 16.6 Å². The Labute approximate surface area is 194 Å². The molecule has 0 amide bonds. The van der Waals surface area contributed by atoms with Crippen LogP contribution in [0, 0.1) is 5.82 Å². The standard InChI is InChI=1S/C30H16BFN2/c32-17-12-14-26-23(16-17)31-22-9-5-8-20-18-6-1-4-11-25(18)34(29(20)22)27-15-13-21-19-7-2-3-10-24(19)33(26)30(21)28(27)31/h1-16H. The van der Waals surface area contributed by atoms with Crippen molar-refractivity contribution >= 4 is 66.7 Å². The van der Waals surface area contributed by atoms with Gasteiger partial charge in [-0.1, -0.05) is 60.7 Å². The van der Waals surface area contributed by atoms with E-state index in [1.807, 2.05) is 6.07 Å². The maximum absolute atomic E-state index is 14.8.